The van der Waals surface area contributed by atoms with E-state index in [0.29, 0.717) is 36.5 Å². The zero-order valence-corrected chi connectivity index (χ0v) is 18.8. The van der Waals surface area contributed by atoms with E-state index in [0.717, 1.165) is 23.3 Å². The van der Waals surface area contributed by atoms with Crippen LogP contribution in [0.5, 0.6) is 5.75 Å². The number of allylic oxidation sites excluding steroid dienone is 1. The first-order chi connectivity index (χ1) is 15.5. The number of ether oxygens (including phenoxy) is 2. The largest absolute Gasteiger partial charge is 0.493 e. The Morgan fingerprint density at radius 1 is 1.03 bits per heavy atom. The monoisotopic (exact) mass is 431 g/mol. The minimum atomic E-state index is -0.487. The third-order valence-electron chi connectivity index (χ3n) is 6.35. The average Bonchev–Trinajstić information content (AvgIpc) is 2.82. The number of nitrogens with zero attached hydrogens (tertiary/aromatic N) is 1. The first-order valence-electron chi connectivity index (χ1n) is 11.2. The Kier molecular flexibility index (Phi) is 6.54. The molecule has 1 aliphatic heterocycles. The van der Waals surface area contributed by atoms with Gasteiger partial charge in [0.1, 0.15) is 11.5 Å². The van der Waals surface area contributed by atoms with E-state index in [9.17, 15) is 9.59 Å². The van der Waals surface area contributed by atoms with Gasteiger partial charge in [0.15, 0.2) is 0 Å². The third-order valence-corrected chi connectivity index (χ3v) is 6.35. The van der Waals surface area contributed by atoms with Crippen LogP contribution in [0.25, 0.3) is 0 Å². The summed E-state index contributed by atoms with van der Waals surface area (Å²) in [7, 11) is 1.37. The SMILES string of the molecule is CCCOc1ccccc1[C@H]1C(C(=O)OC)=C(C)N=C2C[C@H](c3ccccc3)CC(=O)C21. The molecule has 2 aliphatic rings. The Balaban J connectivity index is 1.81. The zero-order chi connectivity index (χ0) is 22.7. The molecule has 166 valence electrons. The summed E-state index contributed by atoms with van der Waals surface area (Å²) in [6.45, 7) is 4.44. The highest BCUT2D eigenvalue weighted by atomic mass is 16.5. The molecule has 0 saturated heterocycles. The minimum absolute atomic E-state index is 0.0958. The molecule has 1 saturated carbocycles. The number of hydrogen-bond donors (Lipinski definition) is 0. The van der Waals surface area contributed by atoms with Gasteiger partial charge in [0.2, 0.25) is 0 Å². The predicted octanol–water partition coefficient (Wildman–Crippen LogP) is 5.22. The van der Waals surface area contributed by atoms with Crippen molar-refractivity contribution >= 4 is 17.5 Å². The lowest BCUT2D eigenvalue weighted by Crippen LogP contribution is -2.41. The van der Waals surface area contributed by atoms with Gasteiger partial charge in [-0.05, 0) is 37.3 Å². The van der Waals surface area contributed by atoms with E-state index >= 15 is 0 Å². The topological polar surface area (TPSA) is 65.0 Å². The highest BCUT2D eigenvalue weighted by molar-refractivity contribution is 6.12. The molecule has 0 radical (unpaired) electrons. The quantitative estimate of drug-likeness (QED) is 0.588. The smallest absolute Gasteiger partial charge is 0.336 e. The summed E-state index contributed by atoms with van der Waals surface area (Å²) in [5, 5.41) is 0. The van der Waals surface area contributed by atoms with Gasteiger partial charge in [-0.25, -0.2) is 4.79 Å². The van der Waals surface area contributed by atoms with E-state index in [4.69, 9.17) is 14.5 Å². The van der Waals surface area contributed by atoms with Crippen LogP contribution in [0, 0.1) is 5.92 Å². The maximum atomic E-state index is 13.6. The van der Waals surface area contributed by atoms with Crippen molar-refractivity contribution in [1.29, 1.82) is 0 Å². The molecule has 1 heterocycles. The molecule has 2 aromatic carbocycles. The van der Waals surface area contributed by atoms with Crippen molar-refractivity contribution in [3.63, 3.8) is 0 Å². The van der Waals surface area contributed by atoms with Gasteiger partial charge in [-0.3, -0.25) is 9.79 Å². The van der Waals surface area contributed by atoms with Gasteiger partial charge in [0.25, 0.3) is 0 Å². The van der Waals surface area contributed by atoms with Gasteiger partial charge in [0, 0.05) is 29.3 Å². The lowest BCUT2D eigenvalue weighted by atomic mass is 9.66. The Bertz CT molecular complexity index is 1070. The molecular formula is C27H29NO4. The second-order valence-electron chi connectivity index (χ2n) is 8.42. The van der Waals surface area contributed by atoms with Crippen molar-refractivity contribution in [2.75, 3.05) is 13.7 Å². The number of ketones is 1. The van der Waals surface area contributed by atoms with Crippen molar-refractivity contribution in [3.05, 3.63) is 77.0 Å². The Morgan fingerprint density at radius 3 is 2.47 bits per heavy atom. The van der Waals surface area contributed by atoms with Crippen LogP contribution in [-0.2, 0) is 14.3 Å². The summed E-state index contributed by atoms with van der Waals surface area (Å²) in [5.74, 6) is -0.496. The molecule has 1 unspecified atom stereocenters. The molecule has 5 heteroatoms. The summed E-state index contributed by atoms with van der Waals surface area (Å²) in [5.41, 5.74) is 3.88. The van der Waals surface area contributed by atoms with Crippen molar-refractivity contribution in [1.82, 2.24) is 0 Å². The number of carbonyl (C=O) groups excluding carboxylic acids is 2. The molecule has 0 aromatic heterocycles. The third kappa shape index (κ3) is 4.12. The number of hydrogen-bond acceptors (Lipinski definition) is 5. The fourth-order valence-electron chi connectivity index (χ4n) is 4.93. The molecule has 0 bridgehead atoms. The molecule has 32 heavy (non-hydrogen) atoms. The predicted molar refractivity (Wildman–Crippen MR) is 124 cm³/mol. The Morgan fingerprint density at radius 2 is 1.75 bits per heavy atom. The maximum absolute atomic E-state index is 13.6. The van der Waals surface area contributed by atoms with Crippen LogP contribution < -0.4 is 4.74 Å². The number of fused-ring (bicyclic) bond motifs is 1. The van der Waals surface area contributed by atoms with Crippen molar-refractivity contribution in [3.8, 4) is 5.75 Å². The van der Waals surface area contributed by atoms with Gasteiger partial charge in [-0.1, -0.05) is 55.5 Å². The molecule has 0 N–H and O–H groups in total. The average molecular weight is 432 g/mol. The van der Waals surface area contributed by atoms with Gasteiger partial charge >= 0.3 is 5.97 Å². The lowest BCUT2D eigenvalue weighted by Gasteiger charge is -2.38. The number of methoxy groups -OCH3 is 1. The Hall–Kier alpha value is -3.21. The molecule has 5 nitrogen and oxygen atoms in total. The van der Waals surface area contributed by atoms with Crippen molar-refractivity contribution < 1.29 is 19.1 Å². The summed E-state index contributed by atoms with van der Waals surface area (Å²) in [6.07, 6.45) is 1.99. The number of para-hydroxylation sites is 1. The van der Waals surface area contributed by atoms with Crippen LogP contribution in [0.4, 0.5) is 0 Å². The second kappa shape index (κ2) is 9.51. The van der Waals surface area contributed by atoms with Crippen LogP contribution in [0.1, 0.15) is 56.1 Å². The molecule has 3 atom stereocenters. The molecule has 1 aliphatic carbocycles. The Labute approximate surface area is 189 Å². The number of rotatable bonds is 6. The number of Topliss-reactive ketones (excluding diaryl/α,β-unsaturated/α-hetero) is 1. The van der Waals surface area contributed by atoms with Crippen molar-refractivity contribution in [2.45, 2.75) is 44.9 Å². The minimum Gasteiger partial charge on any atom is -0.493 e. The van der Waals surface area contributed by atoms with E-state index < -0.39 is 17.8 Å². The molecule has 0 amide bonds. The van der Waals surface area contributed by atoms with E-state index in [1.54, 1.807) is 0 Å². The number of benzene rings is 2. The lowest BCUT2D eigenvalue weighted by molar-refractivity contribution is -0.136. The molecule has 2 aromatic rings. The van der Waals surface area contributed by atoms with Gasteiger partial charge in [-0.15, -0.1) is 0 Å². The van der Waals surface area contributed by atoms with Crippen LogP contribution in [0.15, 0.2) is 70.9 Å². The molecule has 1 fully saturated rings. The van der Waals surface area contributed by atoms with E-state index in [-0.39, 0.29) is 11.7 Å². The number of esters is 1. The number of aliphatic imine (C=N–C) groups is 1. The van der Waals surface area contributed by atoms with E-state index in [2.05, 4.69) is 12.1 Å². The normalized spacial score (nSPS) is 22.8. The van der Waals surface area contributed by atoms with Crippen LogP contribution in [-0.4, -0.2) is 31.2 Å². The van der Waals surface area contributed by atoms with Crippen LogP contribution in [0.2, 0.25) is 0 Å². The molecular weight excluding hydrogens is 402 g/mol. The standard InChI is InChI=1S/C27H29NO4/c1-4-14-32-23-13-9-8-12-20(23)25-24(27(30)31-3)17(2)28-21-15-19(16-22(29)26(21)25)18-10-6-5-7-11-18/h5-13,19,25-26H,4,14-16H2,1-3H3/t19-,25-,26?/m0/s1. The highest BCUT2D eigenvalue weighted by Crippen LogP contribution is 2.47. The second-order valence-corrected chi connectivity index (χ2v) is 8.42. The fourth-order valence-corrected chi connectivity index (χ4v) is 4.93. The fraction of sp³-hybridized carbons (Fsp3) is 0.370. The summed E-state index contributed by atoms with van der Waals surface area (Å²) >= 11 is 0. The van der Waals surface area contributed by atoms with Crippen LogP contribution in [0.3, 0.4) is 0 Å². The van der Waals surface area contributed by atoms with Gasteiger partial charge in [-0.2, -0.15) is 0 Å². The first-order valence-corrected chi connectivity index (χ1v) is 11.2. The number of carbonyl (C=O) groups is 2. The molecule has 0 spiro atoms. The van der Waals surface area contributed by atoms with E-state index in [1.165, 1.54) is 7.11 Å². The zero-order valence-electron chi connectivity index (χ0n) is 18.8. The van der Waals surface area contributed by atoms with Gasteiger partial charge < -0.3 is 9.47 Å². The summed E-state index contributed by atoms with van der Waals surface area (Å²) in [4.78, 5) is 31.2. The van der Waals surface area contributed by atoms with E-state index in [1.807, 2.05) is 56.3 Å². The summed E-state index contributed by atoms with van der Waals surface area (Å²) < 4.78 is 11.1. The molecule has 4 rings (SSSR count). The highest BCUT2D eigenvalue weighted by Gasteiger charge is 2.46. The van der Waals surface area contributed by atoms with Crippen molar-refractivity contribution in [2.24, 2.45) is 10.9 Å². The maximum Gasteiger partial charge on any atom is 0.336 e. The van der Waals surface area contributed by atoms with Gasteiger partial charge in [0.05, 0.1) is 25.2 Å². The first kappa shape index (κ1) is 22.0. The van der Waals surface area contributed by atoms with Crippen LogP contribution >= 0.6 is 0 Å². The summed E-state index contributed by atoms with van der Waals surface area (Å²) in [6, 6.07) is 17.8.